The molecule has 4 rings (SSSR count). The lowest BCUT2D eigenvalue weighted by Crippen LogP contribution is -2.22. The van der Waals surface area contributed by atoms with Crippen molar-refractivity contribution in [2.75, 3.05) is 13.7 Å². The molecule has 0 atom stereocenters. The number of hydrogen-bond donors (Lipinski definition) is 0. The molecule has 2 aromatic carbocycles. The Hall–Kier alpha value is -2.90. The normalized spacial score (nSPS) is 15.3. The zero-order valence-corrected chi connectivity index (χ0v) is 18.6. The van der Waals surface area contributed by atoms with Crippen LogP contribution in [-0.2, 0) is 4.79 Å². The fourth-order valence-corrected chi connectivity index (χ4v) is 4.43. The quantitative estimate of drug-likeness (QED) is 0.413. The molecule has 0 saturated carbocycles. The van der Waals surface area contributed by atoms with Gasteiger partial charge in [-0.3, -0.25) is 9.69 Å². The highest BCUT2D eigenvalue weighted by molar-refractivity contribution is 8.26. The molecule has 0 N–H and O–H groups in total. The minimum absolute atomic E-state index is 0.0909. The first-order valence-corrected chi connectivity index (χ1v) is 10.8. The van der Waals surface area contributed by atoms with Gasteiger partial charge in [-0.1, -0.05) is 42.2 Å². The number of benzene rings is 2. The van der Waals surface area contributed by atoms with Crippen LogP contribution in [0.4, 0.5) is 0 Å². The van der Waals surface area contributed by atoms with Crippen molar-refractivity contribution in [3.63, 3.8) is 0 Å². The average molecular weight is 436 g/mol. The van der Waals surface area contributed by atoms with Crippen molar-refractivity contribution in [2.24, 2.45) is 0 Å². The van der Waals surface area contributed by atoms with Crippen molar-refractivity contribution < 1.29 is 9.53 Å². The van der Waals surface area contributed by atoms with Crippen LogP contribution in [0.15, 0.2) is 59.6 Å². The molecule has 1 aliphatic rings. The third kappa shape index (κ3) is 3.91. The van der Waals surface area contributed by atoms with Crippen molar-refractivity contribution in [1.29, 1.82) is 0 Å². The van der Waals surface area contributed by atoms with Crippen LogP contribution < -0.4 is 4.74 Å². The predicted octanol–water partition coefficient (Wildman–Crippen LogP) is 5.08. The van der Waals surface area contributed by atoms with Gasteiger partial charge in [-0.15, -0.1) is 0 Å². The molecule has 7 heteroatoms. The number of thiocarbonyl (C=S) groups is 1. The molecule has 1 aromatic heterocycles. The van der Waals surface area contributed by atoms with Crippen LogP contribution in [0.25, 0.3) is 23.0 Å². The molecule has 0 bridgehead atoms. The van der Waals surface area contributed by atoms with E-state index in [0.29, 0.717) is 15.8 Å². The molecule has 5 nitrogen and oxygen atoms in total. The van der Waals surface area contributed by atoms with E-state index in [4.69, 9.17) is 22.1 Å². The maximum atomic E-state index is 12.5. The molecule has 0 unspecified atom stereocenters. The van der Waals surface area contributed by atoms with E-state index in [0.717, 1.165) is 33.8 Å². The first kappa shape index (κ1) is 20.4. The van der Waals surface area contributed by atoms with Gasteiger partial charge >= 0.3 is 0 Å². The SMILES string of the molecule is CCOc1ccc(-c2nn(-c3ccccc3)cc2/C=C2\SC(=S)N(C)C2=O)c(C)c1. The van der Waals surface area contributed by atoms with Crippen LogP contribution in [0.5, 0.6) is 5.75 Å². The van der Waals surface area contributed by atoms with Gasteiger partial charge in [0.2, 0.25) is 0 Å². The number of carbonyl (C=O) groups excluding carboxylic acids is 1. The molecule has 1 saturated heterocycles. The van der Waals surface area contributed by atoms with Gasteiger partial charge in [0.05, 0.1) is 17.2 Å². The number of ether oxygens (including phenoxy) is 1. The molecule has 152 valence electrons. The second-order valence-corrected chi connectivity index (χ2v) is 8.54. The minimum Gasteiger partial charge on any atom is -0.494 e. The zero-order valence-electron chi connectivity index (χ0n) is 17.0. The Balaban J connectivity index is 1.84. The van der Waals surface area contributed by atoms with Gasteiger partial charge in [0.1, 0.15) is 15.8 Å². The highest BCUT2D eigenvalue weighted by Gasteiger charge is 2.29. The summed E-state index contributed by atoms with van der Waals surface area (Å²) in [7, 11) is 1.70. The first-order valence-electron chi connectivity index (χ1n) is 9.58. The third-order valence-corrected chi connectivity index (χ3v) is 6.29. The summed E-state index contributed by atoms with van der Waals surface area (Å²) in [6.07, 6.45) is 3.82. The number of para-hydroxylation sites is 1. The Labute approximate surface area is 185 Å². The van der Waals surface area contributed by atoms with Crippen molar-refractivity contribution >= 4 is 40.3 Å². The first-order chi connectivity index (χ1) is 14.5. The van der Waals surface area contributed by atoms with Crippen LogP contribution in [0.2, 0.25) is 0 Å². The van der Waals surface area contributed by atoms with E-state index in [-0.39, 0.29) is 5.91 Å². The van der Waals surface area contributed by atoms with E-state index in [2.05, 4.69) is 0 Å². The van der Waals surface area contributed by atoms with Gasteiger partial charge in [0.15, 0.2) is 0 Å². The van der Waals surface area contributed by atoms with Crippen LogP contribution in [-0.4, -0.2) is 38.6 Å². The summed E-state index contributed by atoms with van der Waals surface area (Å²) in [6, 6.07) is 15.9. The lowest BCUT2D eigenvalue weighted by molar-refractivity contribution is -0.121. The molecule has 30 heavy (non-hydrogen) atoms. The van der Waals surface area contributed by atoms with Crippen LogP contribution in [0.1, 0.15) is 18.1 Å². The van der Waals surface area contributed by atoms with Crippen molar-refractivity contribution in [3.8, 4) is 22.7 Å². The van der Waals surface area contributed by atoms with E-state index >= 15 is 0 Å². The van der Waals surface area contributed by atoms with Crippen molar-refractivity contribution in [1.82, 2.24) is 14.7 Å². The monoisotopic (exact) mass is 435 g/mol. The second-order valence-electron chi connectivity index (χ2n) is 6.86. The number of rotatable bonds is 5. The summed E-state index contributed by atoms with van der Waals surface area (Å²) >= 11 is 6.58. The number of thioether (sulfide) groups is 1. The summed E-state index contributed by atoms with van der Waals surface area (Å²) in [4.78, 5) is 14.6. The molecule has 1 aliphatic heterocycles. The Kier molecular flexibility index (Phi) is 5.74. The van der Waals surface area contributed by atoms with E-state index in [9.17, 15) is 4.79 Å². The molecule has 1 amide bonds. The molecule has 2 heterocycles. The molecular weight excluding hydrogens is 414 g/mol. The number of hydrogen-bond acceptors (Lipinski definition) is 5. The van der Waals surface area contributed by atoms with Gasteiger partial charge in [0.25, 0.3) is 5.91 Å². The minimum atomic E-state index is -0.0909. The van der Waals surface area contributed by atoms with E-state index in [1.165, 1.54) is 16.7 Å². The summed E-state index contributed by atoms with van der Waals surface area (Å²) in [5.74, 6) is 0.737. The Bertz CT molecular complexity index is 1150. The van der Waals surface area contributed by atoms with Gasteiger partial charge in [-0.2, -0.15) is 5.10 Å². The average Bonchev–Trinajstić information content (AvgIpc) is 3.26. The number of likely N-dealkylation sites (N-methyl/N-ethyl adjacent to an activating group) is 1. The lowest BCUT2D eigenvalue weighted by Gasteiger charge is -2.08. The third-order valence-electron chi connectivity index (χ3n) is 4.80. The van der Waals surface area contributed by atoms with Crippen LogP contribution in [0.3, 0.4) is 0 Å². The van der Waals surface area contributed by atoms with Crippen LogP contribution in [0, 0.1) is 6.92 Å². The van der Waals surface area contributed by atoms with E-state index < -0.39 is 0 Å². The zero-order chi connectivity index (χ0) is 21.3. The Morgan fingerprint density at radius 3 is 2.60 bits per heavy atom. The molecule has 3 aromatic rings. The number of amides is 1. The summed E-state index contributed by atoms with van der Waals surface area (Å²) in [6.45, 7) is 4.62. The van der Waals surface area contributed by atoms with E-state index in [1.807, 2.05) is 79.3 Å². The molecular formula is C23H21N3O2S2. The predicted molar refractivity (Wildman–Crippen MR) is 126 cm³/mol. The Morgan fingerprint density at radius 1 is 1.20 bits per heavy atom. The standard InChI is InChI=1S/C23H21N3O2S2/c1-4-28-18-10-11-19(15(2)12-18)21-16(13-20-22(27)25(3)23(29)30-20)14-26(24-21)17-8-6-5-7-9-17/h5-14H,4H2,1-3H3/b20-13-. The van der Waals surface area contributed by atoms with Gasteiger partial charge in [-0.05, 0) is 55.8 Å². The fourth-order valence-electron chi connectivity index (χ4n) is 3.26. The molecule has 0 radical (unpaired) electrons. The van der Waals surface area contributed by atoms with Crippen molar-refractivity contribution in [3.05, 3.63) is 70.8 Å². The number of aryl methyl sites for hydroxylation is 1. The smallest absolute Gasteiger partial charge is 0.265 e. The van der Waals surface area contributed by atoms with Crippen LogP contribution >= 0.6 is 24.0 Å². The lowest BCUT2D eigenvalue weighted by atomic mass is 10.0. The highest BCUT2D eigenvalue weighted by atomic mass is 32.2. The number of carbonyl (C=O) groups is 1. The van der Waals surface area contributed by atoms with Crippen molar-refractivity contribution in [2.45, 2.75) is 13.8 Å². The highest BCUT2D eigenvalue weighted by Crippen LogP contribution is 2.35. The fraction of sp³-hybridized carbons (Fsp3) is 0.174. The maximum Gasteiger partial charge on any atom is 0.265 e. The van der Waals surface area contributed by atoms with Gasteiger partial charge < -0.3 is 4.74 Å². The Morgan fingerprint density at radius 2 is 1.97 bits per heavy atom. The largest absolute Gasteiger partial charge is 0.494 e. The topological polar surface area (TPSA) is 47.4 Å². The number of aromatic nitrogens is 2. The van der Waals surface area contributed by atoms with E-state index in [1.54, 1.807) is 7.05 Å². The summed E-state index contributed by atoms with van der Waals surface area (Å²) < 4.78 is 8.02. The number of nitrogens with zero attached hydrogens (tertiary/aromatic N) is 3. The van der Waals surface area contributed by atoms with Gasteiger partial charge in [0, 0.05) is 24.4 Å². The molecule has 1 fully saturated rings. The molecule has 0 aliphatic carbocycles. The summed E-state index contributed by atoms with van der Waals surface area (Å²) in [5.41, 5.74) is 4.66. The van der Waals surface area contributed by atoms with Gasteiger partial charge in [-0.25, -0.2) is 4.68 Å². The molecule has 0 spiro atoms. The second kappa shape index (κ2) is 8.45. The summed E-state index contributed by atoms with van der Waals surface area (Å²) in [5, 5.41) is 4.86. The maximum absolute atomic E-state index is 12.5.